The van der Waals surface area contributed by atoms with Crippen molar-refractivity contribution in [3.05, 3.63) is 15.6 Å². The van der Waals surface area contributed by atoms with Gasteiger partial charge in [0.25, 0.3) is 0 Å². The molecule has 2 rings (SSSR count). The Balaban J connectivity index is 2.47. The zero-order chi connectivity index (χ0) is 9.64. The van der Waals surface area contributed by atoms with Gasteiger partial charge in [0.15, 0.2) is 0 Å². The number of hydrogen-bond acceptors (Lipinski definition) is 2. The van der Waals surface area contributed by atoms with Crippen molar-refractivity contribution in [1.82, 2.24) is 4.98 Å². The van der Waals surface area contributed by atoms with Gasteiger partial charge in [-0.05, 0) is 25.7 Å². The lowest BCUT2D eigenvalue weighted by atomic mass is 9.77. The van der Waals surface area contributed by atoms with Crippen molar-refractivity contribution in [2.24, 2.45) is 5.92 Å². The lowest BCUT2D eigenvalue weighted by Gasteiger charge is -2.28. The molecule has 0 N–H and O–H groups in total. The molecule has 1 unspecified atom stereocenters. The van der Waals surface area contributed by atoms with Gasteiger partial charge in [-0.2, -0.15) is 0 Å². The molecule has 1 atom stereocenters. The Morgan fingerprint density at radius 3 is 2.77 bits per heavy atom. The van der Waals surface area contributed by atoms with Gasteiger partial charge in [0.05, 0.1) is 10.7 Å². The maximum atomic E-state index is 4.68. The second kappa shape index (κ2) is 2.81. The molecule has 0 bridgehead atoms. The van der Waals surface area contributed by atoms with Crippen molar-refractivity contribution in [3.8, 4) is 0 Å². The van der Waals surface area contributed by atoms with Crippen LogP contribution in [0.5, 0.6) is 0 Å². The lowest BCUT2D eigenvalue weighted by molar-refractivity contribution is 0.329. The highest BCUT2D eigenvalue weighted by Gasteiger charge is 2.39. The first-order valence-electron chi connectivity index (χ1n) is 5.01. The standard InChI is InChI=1S/C11H17NS/c1-7(2)11(4)6-5-9-10(11)12-8(3)13-9/h7H,5-6H2,1-4H3. The number of nitrogens with zero attached hydrogens (tertiary/aromatic N) is 1. The van der Waals surface area contributed by atoms with Gasteiger partial charge in [-0.25, -0.2) is 4.98 Å². The molecule has 0 radical (unpaired) electrons. The first kappa shape index (κ1) is 9.20. The van der Waals surface area contributed by atoms with Gasteiger partial charge in [0.2, 0.25) is 0 Å². The van der Waals surface area contributed by atoms with E-state index in [0.29, 0.717) is 11.3 Å². The molecule has 0 aliphatic heterocycles. The third kappa shape index (κ3) is 1.23. The summed E-state index contributed by atoms with van der Waals surface area (Å²) in [5.74, 6) is 0.704. The predicted molar refractivity (Wildman–Crippen MR) is 57.4 cm³/mol. The summed E-state index contributed by atoms with van der Waals surface area (Å²) in [7, 11) is 0. The minimum atomic E-state index is 0.347. The fourth-order valence-electron chi connectivity index (χ4n) is 2.14. The third-order valence-corrected chi connectivity index (χ3v) is 4.52. The maximum absolute atomic E-state index is 4.68. The molecule has 0 saturated heterocycles. The van der Waals surface area contributed by atoms with Crippen LogP contribution in [0.1, 0.15) is 42.8 Å². The zero-order valence-electron chi connectivity index (χ0n) is 8.85. The summed E-state index contributed by atoms with van der Waals surface area (Å²) in [5.41, 5.74) is 1.74. The second-order valence-electron chi connectivity index (χ2n) is 4.58. The van der Waals surface area contributed by atoms with Crippen molar-refractivity contribution in [1.29, 1.82) is 0 Å². The second-order valence-corrected chi connectivity index (χ2v) is 5.86. The first-order chi connectivity index (χ1) is 6.04. The summed E-state index contributed by atoms with van der Waals surface area (Å²) in [6.07, 6.45) is 2.54. The molecule has 13 heavy (non-hydrogen) atoms. The van der Waals surface area contributed by atoms with Crippen molar-refractivity contribution >= 4 is 11.3 Å². The molecule has 1 aliphatic carbocycles. The zero-order valence-corrected chi connectivity index (χ0v) is 9.66. The van der Waals surface area contributed by atoms with Crippen LogP contribution in [0.4, 0.5) is 0 Å². The van der Waals surface area contributed by atoms with Crippen LogP contribution >= 0.6 is 11.3 Å². The molecule has 0 spiro atoms. The highest BCUT2D eigenvalue weighted by molar-refractivity contribution is 7.11. The van der Waals surface area contributed by atoms with Crippen LogP contribution in [0.2, 0.25) is 0 Å². The van der Waals surface area contributed by atoms with Gasteiger partial charge in [-0.1, -0.05) is 20.8 Å². The smallest absolute Gasteiger partial charge is 0.0900 e. The molecule has 1 aromatic heterocycles. The van der Waals surface area contributed by atoms with E-state index in [4.69, 9.17) is 0 Å². The average molecular weight is 195 g/mol. The van der Waals surface area contributed by atoms with Crippen LogP contribution in [0.25, 0.3) is 0 Å². The molecular formula is C11H17NS. The number of aryl methyl sites for hydroxylation is 2. The van der Waals surface area contributed by atoms with E-state index >= 15 is 0 Å². The summed E-state index contributed by atoms with van der Waals surface area (Å²) < 4.78 is 0. The average Bonchev–Trinajstić information content (AvgIpc) is 2.53. The van der Waals surface area contributed by atoms with E-state index in [-0.39, 0.29) is 0 Å². The number of fused-ring (bicyclic) bond motifs is 1. The van der Waals surface area contributed by atoms with E-state index in [0.717, 1.165) is 0 Å². The van der Waals surface area contributed by atoms with Crippen LogP contribution in [0.15, 0.2) is 0 Å². The van der Waals surface area contributed by atoms with Gasteiger partial charge in [0, 0.05) is 10.3 Å². The number of rotatable bonds is 1. The molecule has 1 nitrogen and oxygen atoms in total. The lowest BCUT2D eigenvalue weighted by Crippen LogP contribution is -2.26. The molecule has 72 valence electrons. The minimum absolute atomic E-state index is 0.347. The predicted octanol–water partition coefficient (Wildman–Crippen LogP) is 3.31. The molecule has 2 heteroatoms. The Bertz CT molecular complexity index is 327. The Morgan fingerprint density at radius 2 is 2.15 bits per heavy atom. The van der Waals surface area contributed by atoms with Gasteiger partial charge < -0.3 is 0 Å². The van der Waals surface area contributed by atoms with Gasteiger partial charge in [-0.15, -0.1) is 11.3 Å². The summed E-state index contributed by atoms with van der Waals surface area (Å²) in [5, 5.41) is 1.23. The summed E-state index contributed by atoms with van der Waals surface area (Å²) in [4.78, 5) is 6.22. The summed E-state index contributed by atoms with van der Waals surface area (Å²) in [6, 6.07) is 0. The molecule has 0 fully saturated rings. The maximum Gasteiger partial charge on any atom is 0.0900 e. The normalized spacial score (nSPS) is 26.8. The van der Waals surface area contributed by atoms with E-state index in [2.05, 4.69) is 32.7 Å². The molecule has 1 aliphatic rings. The Labute approximate surface area is 84.2 Å². The molecule has 0 amide bonds. The monoisotopic (exact) mass is 195 g/mol. The SMILES string of the molecule is Cc1nc2c(s1)CCC2(C)C(C)C. The van der Waals surface area contributed by atoms with Crippen molar-refractivity contribution < 1.29 is 0 Å². The van der Waals surface area contributed by atoms with Crippen LogP contribution in [0, 0.1) is 12.8 Å². The third-order valence-electron chi connectivity index (χ3n) is 3.49. The van der Waals surface area contributed by atoms with Crippen LogP contribution < -0.4 is 0 Å². The van der Waals surface area contributed by atoms with Crippen molar-refractivity contribution in [2.75, 3.05) is 0 Å². The van der Waals surface area contributed by atoms with Crippen molar-refractivity contribution in [2.45, 2.75) is 46.0 Å². The molecule has 0 aromatic carbocycles. The largest absolute Gasteiger partial charge is 0.246 e. The van der Waals surface area contributed by atoms with E-state index in [1.165, 1.54) is 28.4 Å². The van der Waals surface area contributed by atoms with Crippen molar-refractivity contribution in [3.63, 3.8) is 0 Å². The highest BCUT2D eigenvalue weighted by Crippen LogP contribution is 2.45. The number of hydrogen-bond donors (Lipinski definition) is 0. The molecule has 1 aromatic rings. The topological polar surface area (TPSA) is 12.9 Å². The fourth-order valence-corrected chi connectivity index (χ4v) is 3.21. The molecular weight excluding hydrogens is 178 g/mol. The summed E-state index contributed by atoms with van der Waals surface area (Å²) in [6.45, 7) is 9.10. The van der Waals surface area contributed by atoms with E-state index < -0.39 is 0 Å². The Morgan fingerprint density at radius 1 is 1.46 bits per heavy atom. The van der Waals surface area contributed by atoms with E-state index in [1.807, 2.05) is 11.3 Å². The quantitative estimate of drug-likeness (QED) is 0.670. The van der Waals surface area contributed by atoms with Crippen LogP contribution in [-0.4, -0.2) is 4.98 Å². The minimum Gasteiger partial charge on any atom is -0.246 e. The van der Waals surface area contributed by atoms with Gasteiger partial charge in [0.1, 0.15) is 0 Å². The number of aromatic nitrogens is 1. The Hall–Kier alpha value is -0.370. The molecule has 0 saturated carbocycles. The van der Waals surface area contributed by atoms with Crippen LogP contribution in [0.3, 0.4) is 0 Å². The highest BCUT2D eigenvalue weighted by atomic mass is 32.1. The van der Waals surface area contributed by atoms with E-state index in [1.54, 1.807) is 0 Å². The number of thiazole rings is 1. The van der Waals surface area contributed by atoms with Crippen LogP contribution in [-0.2, 0) is 11.8 Å². The van der Waals surface area contributed by atoms with Gasteiger partial charge >= 0.3 is 0 Å². The molecule has 1 heterocycles. The summed E-state index contributed by atoms with van der Waals surface area (Å²) >= 11 is 1.89. The van der Waals surface area contributed by atoms with Gasteiger partial charge in [-0.3, -0.25) is 0 Å². The first-order valence-corrected chi connectivity index (χ1v) is 5.82. The van der Waals surface area contributed by atoms with E-state index in [9.17, 15) is 0 Å². The fraction of sp³-hybridized carbons (Fsp3) is 0.727. The Kier molecular flexibility index (Phi) is 1.99.